The maximum absolute atomic E-state index is 12.7. The highest BCUT2D eigenvalue weighted by Crippen LogP contribution is 2.22. The Labute approximate surface area is 172 Å². The van der Waals surface area contributed by atoms with Gasteiger partial charge in [0.05, 0.1) is 11.3 Å². The minimum Gasteiger partial charge on any atom is -0.339 e. The first-order chi connectivity index (χ1) is 14.5. The van der Waals surface area contributed by atoms with Gasteiger partial charge in [-0.3, -0.25) is 24.7 Å². The molecule has 1 fully saturated rings. The molecule has 3 aromatic rings. The number of fused-ring (bicyclic) bond motifs is 1. The Bertz CT molecular complexity index is 1090. The lowest BCUT2D eigenvalue weighted by Crippen LogP contribution is -2.51. The standard InChI is InChI=1S/C21H21N5O4/c27-20(14-17-3-1-2-7-22-17)23-9-11-24(12-10-23)21(28)15-25-8-6-16-13-18(26(29)30)4-5-19(16)25/h1-8,13H,9-12,14-15H2. The van der Waals surface area contributed by atoms with Crippen LogP contribution in [0.4, 0.5) is 5.69 Å². The fourth-order valence-electron chi connectivity index (χ4n) is 3.66. The molecule has 9 nitrogen and oxygen atoms in total. The third-order valence-corrected chi connectivity index (χ3v) is 5.31. The zero-order valence-electron chi connectivity index (χ0n) is 16.3. The fraction of sp³-hybridized carbons (Fsp3) is 0.286. The van der Waals surface area contributed by atoms with Gasteiger partial charge >= 0.3 is 0 Å². The topological polar surface area (TPSA) is 102 Å². The molecule has 30 heavy (non-hydrogen) atoms. The molecule has 4 rings (SSSR count). The molecule has 0 radical (unpaired) electrons. The third-order valence-electron chi connectivity index (χ3n) is 5.31. The highest BCUT2D eigenvalue weighted by atomic mass is 16.6. The van der Waals surface area contributed by atoms with E-state index >= 15 is 0 Å². The molecule has 2 amide bonds. The largest absolute Gasteiger partial charge is 0.339 e. The van der Waals surface area contributed by atoms with E-state index in [0.29, 0.717) is 26.2 Å². The maximum Gasteiger partial charge on any atom is 0.270 e. The van der Waals surface area contributed by atoms with Crippen molar-refractivity contribution in [3.05, 3.63) is 70.7 Å². The molecule has 0 spiro atoms. The average molecular weight is 407 g/mol. The SMILES string of the molecule is O=C(Cc1ccccn1)N1CCN(C(=O)Cn2ccc3cc([N+](=O)[O-])ccc32)CC1. The van der Waals surface area contributed by atoms with Gasteiger partial charge in [0, 0.05) is 67.3 Å². The van der Waals surface area contributed by atoms with Gasteiger partial charge in [-0.1, -0.05) is 6.07 Å². The molecule has 0 bridgehead atoms. The highest BCUT2D eigenvalue weighted by molar-refractivity contribution is 5.85. The van der Waals surface area contributed by atoms with Crippen LogP contribution in [0, 0.1) is 10.1 Å². The van der Waals surface area contributed by atoms with Crippen LogP contribution in [0.25, 0.3) is 10.9 Å². The van der Waals surface area contributed by atoms with E-state index in [1.165, 1.54) is 12.1 Å². The van der Waals surface area contributed by atoms with Gasteiger partial charge in [-0.15, -0.1) is 0 Å². The summed E-state index contributed by atoms with van der Waals surface area (Å²) in [5.74, 6) is -0.0264. The lowest BCUT2D eigenvalue weighted by atomic mass is 10.2. The van der Waals surface area contributed by atoms with Crippen molar-refractivity contribution in [1.82, 2.24) is 19.4 Å². The number of pyridine rings is 1. The van der Waals surface area contributed by atoms with Crippen LogP contribution in [0.15, 0.2) is 54.9 Å². The number of carbonyl (C=O) groups excluding carboxylic acids is 2. The van der Waals surface area contributed by atoms with Gasteiger partial charge in [-0.25, -0.2) is 0 Å². The monoisotopic (exact) mass is 407 g/mol. The molecule has 1 aliphatic heterocycles. The second-order valence-corrected chi connectivity index (χ2v) is 7.20. The molecule has 0 unspecified atom stereocenters. The first-order valence-electron chi connectivity index (χ1n) is 9.70. The molecule has 1 aliphatic rings. The van der Waals surface area contributed by atoms with Gasteiger partial charge in [-0.2, -0.15) is 0 Å². The summed E-state index contributed by atoms with van der Waals surface area (Å²) in [5, 5.41) is 11.6. The number of aromatic nitrogens is 2. The average Bonchev–Trinajstić information content (AvgIpc) is 3.16. The smallest absolute Gasteiger partial charge is 0.270 e. The Morgan fingerprint density at radius 1 is 1.00 bits per heavy atom. The van der Waals surface area contributed by atoms with Crippen molar-refractivity contribution >= 4 is 28.4 Å². The van der Waals surface area contributed by atoms with E-state index in [2.05, 4.69) is 4.98 Å². The molecule has 0 aliphatic carbocycles. The molecule has 3 heterocycles. The fourth-order valence-corrected chi connectivity index (χ4v) is 3.66. The molecule has 2 aromatic heterocycles. The van der Waals surface area contributed by atoms with Crippen molar-refractivity contribution < 1.29 is 14.5 Å². The predicted octanol–water partition coefficient (Wildman–Crippen LogP) is 1.86. The van der Waals surface area contributed by atoms with Gasteiger partial charge in [0.2, 0.25) is 11.8 Å². The van der Waals surface area contributed by atoms with Crippen LogP contribution < -0.4 is 0 Å². The Balaban J connectivity index is 1.34. The predicted molar refractivity (Wildman–Crippen MR) is 110 cm³/mol. The van der Waals surface area contributed by atoms with Crippen LogP contribution in [0.3, 0.4) is 0 Å². The number of nitrogens with zero attached hydrogens (tertiary/aromatic N) is 5. The summed E-state index contributed by atoms with van der Waals surface area (Å²) >= 11 is 0. The number of non-ortho nitro benzene ring substituents is 1. The zero-order valence-corrected chi connectivity index (χ0v) is 16.3. The van der Waals surface area contributed by atoms with Crippen molar-refractivity contribution in [2.75, 3.05) is 26.2 Å². The molecule has 0 N–H and O–H groups in total. The number of nitro benzene ring substituents is 1. The van der Waals surface area contributed by atoms with Crippen LogP contribution in [0.5, 0.6) is 0 Å². The van der Waals surface area contributed by atoms with Crippen LogP contribution >= 0.6 is 0 Å². The number of piperazine rings is 1. The molecule has 1 saturated heterocycles. The minimum atomic E-state index is -0.434. The van der Waals surface area contributed by atoms with E-state index in [-0.39, 0.29) is 30.5 Å². The summed E-state index contributed by atoms with van der Waals surface area (Å²) in [6.07, 6.45) is 3.69. The Hall–Kier alpha value is -3.75. The first-order valence-corrected chi connectivity index (χ1v) is 9.70. The van der Waals surface area contributed by atoms with Crippen LogP contribution in [-0.2, 0) is 22.6 Å². The van der Waals surface area contributed by atoms with Crippen LogP contribution in [0.2, 0.25) is 0 Å². The quantitative estimate of drug-likeness (QED) is 0.475. The number of amides is 2. The second kappa shape index (κ2) is 8.32. The number of rotatable bonds is 5. The van der Waals surface area contributed by atoms with Gasteiger partial charge in [0.25, 0.3) is 5.69 Å². The summed E-state index contributed by atoms with van der Waals surface area (Å²) in [6, 6.07) is 11.9. The van der Waals surface area contributed by atoms with Gasteiger partial charge in [0.1, 0.15) is 6.54 Å². The van der Waals surface area contributed by atoms with Crippen molar-refractivity contribution in [1.29, 1.82) is 0 Å². The van der Waals surface area contributed by atoms with E-state index in [0.717, 1.165) is 16.6 Å². The summed E-state index contributed by atoms with van der Waals surface area (Å²) < 4.78 is 1.79. The third kappa shape index (κ3) is 4.14. The highest BCUT2D eigenvalue weighted by Gasteiger charge is 2.24. The summed E-state index contributed by atoms with van der Waals surface area (Å²) in [5.41, 5.74) is 1.54. The van der Waals surface area contributed by atoms with Crippen molar-refractivity contribution in [3.8, 4) is 0 Å². The van der Waals surface area contributed by atoms with E-state index < -0.39 is 4.92 Å². The molecule has 0 saturated carbocycles. The number of benzene rings is 1. The van der Waals surface area contributed by atoms with Crippen molar-refractivity contribution in [2.45, 2.75) is 13.0 Å². The molecule has 9 heteroatoms. The Morgan fingerprint density at radius 3 is 2.40 bits per heavy atom. The molecular weight excluding hydrogens is 386 g/mol. The summed E-state index contributed by atoms with van der Waals surface area (Å²) in [6.45, 7) is 2.12. The second-order valence-electron chi connectivity index (χ2n) is 7.20. The number of hydrogen-bond donors (Lipinski definition) is 0. The molecule has 1 aromatic carbocycles. The number of carbonyl (C=O) groups is 2. The summed E-state index contributed by atoms with van der Waals surface area (Å²) in [7, 11) is 0. The molecule has 0 atom stereocenters. The first kappa shape index (κ1) is 19.6. The zero-order chi connectivity index (χ0) is 21.1. The molecular formula is C21H21N5O4. The van der Waals surface area contributed by atoms with Crippen molar-refractivity contribution in [2.24, 2.45) is 0 Å². The lowest BCUT2D eigenvalue weighted by Gasteiger charge is -2.35. The Morgan fingerprint density at radius 2 is 1.73 bits per heavy atom. The lowest BCUT2D eigenvalue weighted by molar-refractivity contribution is -0.384. The van der Waals surface area contributed by atoms with Crippen molar-refractivity contribution in [3.63, 3.8) is 0 Å². The molecule has 154 valence electrons. The maximum atomic E-state index is 12.7. The van der Waals surface area contributed by atoms with Gasteiger partial charge in [0.15, 0.2) is 0 Å². The number of hydrogen-bond acceptors (Lipinski definition) is 5. The number of nitro groups is 1. The van der Waals surface area contributed by atoms with Gasteiger partial charge in [-0.05, 0) is 24.3 Å². The Kier molecular flexibility index (Phi) is 5.42. The summed E-state index contributed by atoms with van der Waals surface area (Å²) in [4.78, 5) is 43.4. The van der Waals surface area contributed by atoms with E-state index in [1.54, 1.807) is 38.9 Å². The van der Waals surface area contributed by atoms with E-state index in [4.69, 9.17) is 0 Å². The van der Waals surface area contributed by atoms with E-state index in [1.807, 2.05) is 18.2 Å². The van der Waals surface area contributed by atoms with E-state index in [9.17, 15) is 19.7 Å². The minimum absolute atomic E-state index is 0.0128. The van der Waals surface area contributed by atoms with Gasteiger partial charge < -0.3 is 14.4 Å². The van der Waals surface area contributed by atoms with Crippen LogP contribution in [-0.4, -0.2) is 62.3 Å². The van der Waals surface area contributed by atoms with Crippen LogP contribution in [0.1, 0.15) is 5.69 Å². The normalized spacial score (nSPS) is 14.1.